The Labute approximate surface area is 150 Å². The fourth-order valence-corrected chi connectivity index (χ4v) is 2.29. The molecule has 128 valence electrons. The fraction of sp³-hybridized carbons (Fsp3) is 0.167. The molecule has 0 aliphatic carbocycles. The first-order valence-corrected chi connectivity index (χ1v) is 7.83. The summed E-state index contributed by atoms with van der Waals surface area (Å²) < 4.78 is 5.07. The van der Waals surface area contributed by atoms with Crippen molar-refractivity contribution in [2.45, 2.75) is 6.42 Å². The molecule has 0 aromatic heterocycles. The van der Waals surface area contributed by atoms with Gasteiger partial charge in [-0.2, -0.15) is 5.26 Å². The fourth-order valence-electron chi connectivity index (χ4n) is 2.06. The first-order chi connectivity index (χ1) is 12.0. The molecule has 2 N–H and O–H groups in total. The Morgan fingerprint density at radius 2 is 2.04 bits per heavy atom. The van der Waals surface area contributed by atoms with Crippen LogP contribution >= 0.6 is 11.6 Å². The Hall–Kier alpha value is -3.04. The Balaban J connectivity index is 1.83. The van der Waals surface area contributed by atoms with Gasteiger partial charge in [-0.3, -0.25) is 9.59 Å². The zero-order valence-electron chi connectivity index (χ0n) is 13.5. The van der Waals surface area contributed by atoms with Gasteiger partial charge in [-0.15, -0.1) is 0 Å². The van der Waals surface area contributed by atoms with E-state index < -0.39 is 0 Å². The van der Waals surface area contributed by atoms with Crippen molar-refractivity contribution in [3.63, 3.8) is 0 Å². The zero-order valence-corrected chi connectivity index (χ0v) is 14.3. The summed E-state index contributed by atoms with van der Waals surface area (Å²) in [5, 5.41) is 14.4. The van der Waals surface area contributed by atoms with Crippen molar-refractivity contribution in [2.75, 3.05) is 19.0 Å². The number of amides is 2. The minimum atomic E-state index is -0.284. The number of nitrogens with one attached hydrogen (secondary N) is 2. The number of benzene rings is 2. The monoisotopic (exact) mass is 357 g/mol. The average Bonchev–Trinajstić information content (AvgIpc) is 2.61. The number of hydrogen-bond acceptors (Lipinski definition) is 4. The van der Waals surface area contributed by atoms with Crippen LogP contribution in [-0.2, 0) is 4.79 Å². The molecule has 2 amide bonds. The lowest BCUT2D eigenvalue weighted by Gasteiger charge is -2.08. The molecule has 0 aliphatic rings. The summed E-state index contributed by atoms with van der Waals surface area (Å²) in [5.74, 6) is 0.0305. The lowest BCUT2D eigenvalue weighted by atomic mass is 10.2. The molecule has 0 saturated carbocycles. The third-order valence-corrected chi connectivity index (χ3v) is 3.66. The number of carbonyl (C=O) groups is 2. The Morgan fingerprint density at radius 3 is 2.72 bits per heavy atom. The van der Waals surface area contributed by atoms with E-state index >= 15 is 0 Å². The van der Waals surface area contributed by atoms with Crippen LogP contribution in [0.25, 0.3) is 0 Å². The van der Waals surface area contributed by atoms with Gasteiger partial charge in [0.05, 0.1) is 17.7 Å². The largest absolute Gasteiger partial charge is 0.497 e. The van der Waals surface area contributed by atoms with Gasteiger partial charge in [0.1, 0.15) is 11.8 Å². The number of nitrogens with zero attached hydrogens (tertiary/aromatic N) is 1. The Bertz CT molecular complexity index is 831. The van der Waals surface area contributed by atoms with Crippen molar-refractivity contribution < 1.29 is 14.3 Å². The van der Waals surface area contributed by atoms with Crippen molar-refractivity contribution in [1.82, 2.24) is 5.32 Å². The van der Waals surface area contributed by atoms with Gasteiger partial charge in [-0.05, 0) is 36.4 Å². The van der Waals surface area contributed by atoms with Gasteiger partial charge in [0.25, 0.3) is 5.91 Å². The van der Waals surface area contributed by atoms with Gasteiger partial charge in [-0.1, -0.05) is 17.7 Å². The number of nitriles is 1. The van der Waals surface area contributed by atoms with Crippen LogP contribution in [0.3, 0.4) is 0 Å². The van der Waals surface area contributed by atoms with Gasteiger partial charge in [0.2, 0.25) is 5.91 Å². The predicted octanol–water partition coefficient (Wildman–Crippen LogP) is 2.98. The number of rotatable bonds is 6. The Kier molecular flexibility index (Phi) is 6.38. The number of ether oxygens (including phenoxy) is 1. The topological polar surface area (TPSA) is 91.2 Å². The van der Waals surface area contributed by atoms with Crippen molar-refractivity contribution in [3.8, 4) is 11.8 Å². The molecule has 2 rings (SSSR count). The third-order valence-electron chi connectivity index (χ3n) is 3.34. The highest BCUT2D eigenvalue weighted by Crippen LogP contribution is 2.20. The molecule has 0 heterocycles. The number of methoxy groups -OCH3 is 1. The SMILES string of the molecule is COc1cccc(C(=O)NCCC(=O)Nc2ccc(C#N)c(Cl)c2)c1. The molecule has 2 aromatic rings. The highest BCUT2D eigenvalue weighted by Gasteiger charge is 2.09. The van der Waals surface area contributed by atoms with E-state index in [-0.39, 0.29) is 29.8 Å². The lowest BCUT2D eigenvalue weighted by molar-refractivity contribution is -0.116. The van der Waals surface area contributed by atoms with Crippen LogP contribution in [0, 0.1) is 11.3 Å². The third kappa shape index (κ3) is 5.23. The molecular formula is C18H16ClN3O3. The van der Waals surface area contributed by atoms with Gasteiger partial charge in [-0.25, -0.2) is 0 Å². The number of anilines is 1. The highest BCUT2D eigenvalue weighted by molar-refractivity contribution is 6.32. The van der Waals surface area contributed by atoms with Crippen LogP contribution in [0.5, 0.6) is 5.75 Å². The smallest absolute Gasteiger partial charge is 0.251 e. The quantitative estimate of drug-likeness (QED) is 0.831. The van der Waals surface area contributed by atoms with E-state index in [0.29, 0.717) is 22.6 Å². The second-order valence-corrected chi connectivity index (χ2v) is 5.50. The molecular weight excluding hydrogens is 342 g/mol. The maximum absolute atomic E-state index is 12.0. The maximum atomic E-state index is 12.0. The summed E-state index contributed by atoms with van der Waals surface area (Å²) in [6.07, 6.45) is 0.104. The zero-order chi connectivity index (χ0) is 18.2. The molecule has 0 aliphatic heterocycles. The summed E-state index contributed by atoms with van der Waals surface area (Å²) in [6.45, 7) is 0.186. The summed E-state index contributed by atoms with van der Waals surface area (Å²) in [4.78, 5) is 23.9. The van der Waals surface area contributed by atoms with Crippen molar-refractivity contribution in [3.05, 3.63) is 58.6 Å². The lowest BCUT2D eigenvalue weighted by Crippen LogP contribution is -2.27. The summed E-state index contributed by atoms with van der Waals surface area (Å²) >= 11 is 5.91. The van der Waals surface area contributed by atoms with E-state index in [9.17, 15) is 9.59 Å². The van der Waals surface area contributed by atoms with Crippen LogP contribution in [0.2, 0.25) is 5.02 Å². The molecule has 0 fully saturated rings. The van der Waals surface area contributed by atoms with Crippen molar-refractivity contribution in [2.24, 2.45) is 0 Å². The minimum Gasteiger partial charge on any atom is -0.497 e. The molecule has 2 aromatic carbocycles. The van der Waals surface area contributed by atoms with E-state index in [1.807, 2.05) is 6.07 Å². The van der Waals surface area contributed by atoms with E-state index in [2.05, 4.69) is 10.6 Å². The molecule has 0 bridgehead atoms. The molecule has 7 heteroatoms. The first kappa shape index (κ1) is 18.3. The molecule has 25 heavy (non-hydrogen) atoms. The van der Waals surface area contributed by atoms with Gasteiger partial charge in [0, 0.05) is 24.2 Å². The molecule has 0 saturated heterocycles. The minimum absolute atomic E-state index is 0.104. The van der Waals surface area contributed by atoms with E-state index in [1.54, 1.807) is 30.3 Å². The molecule has 0 radical (unpaired) electrons. The van der Waals surface area contributed by atoms with Gasteiger partial charge >= 0.3 is 0 Å². The van der Waals surface area contributed by atoms with Crippen LogP contribution < -0.4 is 15.4 Å². The second-order valence-electron chi connectivity index (χ2n) is 5.09. The average molecular weight is 358 g/mol. The number of hydrogen-bond donors (Lipinski definition) is 2. The molecule has 0 unspecified atom stereocenters. The maximum Gasteiger partial charge on any atom is 0.251 e. The summed E-state index contributed by atoms with van der Waals surface area (Å²) in [6, 6.07) is 13.3. The highest BCUT2D eigenvalue weighted by atomic mass is 35.5. The number of halogens is 1. The summed E-state index contributed by atoms with van der Waals surface area (Å²) in [7, 11) is 1.52. The number of carbonyl (C=O) groups excluding carboxylic acids is 2. The molecule has 0 spiro atoms. The van der Waals surface area contributed by atoms with Crippen molar-refractivity contribution >= 4 is 29.1 Å². The van der Waals surface area contributed by atoms with E-state index in [4.69, 9.17) is 21.6 Å². The van der Waals surface area contributed by atoms with Gasteiger partial charge < -0.3 is 15.4 Å². The standard InChI is InChI=1S/C18H16ClN3O3/c1-25-15-4-2-3-12(9-15)18(24)21-8-7-17(23)22-14-6-5-13(11-20)16(19)10-14/h2-6,9-10H,7-8H2,1H3,(H,21,24)(H,22,23). The Morgan fingerprint density at radius 1 is 1.24 bits per heavy atom. The normalized spacial score (nSPS) is 9.80. The van der Waals surface area contributed by atoms with E-state index in [0.717, 1.165) is 0 Å². The molecule has 0 atom stereocenters. The van der Waals surface area contributed by atoms with Crippen LogP contribution in [-0.4, -0.2) is 25.5 Å². The second kappa shape index (κ2) is 8.71. The first-order valence-electron chi connectivity index (χ1n) is 7.45. The summed E-state index contributed by atoms with van der Waals surface area (Å²) in [5.41, 5.74) is 1.29. The van der Waals surface area contributed by atoms with Crippen LogP contribution in [0.4, 0.5) is 5.69 Å². The predicted molar refractivity (Wildman–Crippen MR) is 94.7 cm³/mol. The van der Waals surface area contributed by atoms with E-state index in [1.165, 1.54) is 19.2 Å². The van der Waals surface area contributed by atoms with Crippen LogP contribution in [0.15, 0.2) is 42.5 Å². The van der Waals surface area contributed by atoms with Crippen molar-refractivity contribution in [1.29, 1.82) is 5.26 Å². The van der Waals surface area contributed by atoms with Crippen LogP contribution in [0.1, 0.15) is 22.3 Å². The molecule has 6 nitrogen and oxygen atoms in total. The van der Waals surface area contributed by atoms with Gasteiger partial charge in [0.15, 0.2) is 0 Å².